The van der Waals surface area contributed by atoms with Crippen molar-refractivity contribution in [1.29, 1.82) is 0 Å². The predicted molar refractivity (Wildman–Crippen MR) is 172 cm³/mol. The number of ether oxygens (including phenoxy) is 1. The van der Waals surface area contributed by atoms with Crippen molar-refractivity contribution in [2.45, 2.75) is 19.4 Å². The Kier molecular flexibility index (Phi) is 7.88. The van der Waals surface area contributed by atoms with E-state index in [1.54, 1.807) is 17.2 Å². The van der Waals surface area contributed by atoms with Gasteiger partial charge >= 0.3 is 0 Å². The van der Waals surface area contributed by atoms with Crippen LogP contribution in [-0.4, -0.2) is 75.9 Å². The van der Waals surface area contributed by atoms with E-state index >= 15 is 0 Å². The Bertz CT molecular complexity index is 1900. The third-order valence-electron chi connectivity index (χ3n) is 7.51. The molecule has 0 spiro atoms. The highest BCUT2D eigenvalue weighted by atomic mass is 32.1. The number of hydrogen-bond donors (Lipinski definition) is 2. The number of nitrogens with zero attached hydrogens (tertiary/aromatic N) is 4. The Morgan fingerprint density at radius 2 is 2.00 bits per heavy atom. The number of para-hydroxylation sites is 1. The van der Waals surface area contributed by atoms with Crippen LogP contribution in [-0.2, 0) is 4.79 Å². The van der Waals surface area contributed by atoms with Gasteiger partial charge in [0, 0.05) is 37.9 Å². The molecule has 4 heterocycles. The second-order valence-electron chi connectivity index (χ2n) is 11.0. The van der Waals surface area contributed by atoms with Gasteiger partial charge in [0.2, 0.25) is 5.91 Å². The molecule has 10 heteroatoms. The van der Waals surface area contributed by atoms with E-state index in [1.807, 2.05) is 86.6 Å². The second-order valence-corrected chi connectivity index (χ2v) is 12.0. The van der Waals surface area contributed by atoms with Crippen molar-refractivity contribution < 1.29 is 14.3 Å². The summed E-state index contributed by atoms with van der Waals surface area (Å²) in [4.78, 5) is 39.2. The number of rotatable bonds is 8. The molecule has 1 aliphatic rings. The number of amides is 2. The highest BCUT2D eigenvalue weighted by molar-refractivity contribution is 7.21. The number of likely N-dealkylation sites (tertiary alicyclic amines) is 1. The molecule has 0 unspecified atom stereocenters. The molecule has 0 bridgehead atoms. The van der Waals surface area contributed by atoms with Crippen molar-refractivity contribution in [3.63, 3.8) is 0 Å². The number of aromatic amines is 1. The van der Waals surface area contributed by atoms with Crippen LogP contribution in [0, 0.1) is 6.92 Å². The fourth-order valence-electron chi connectivity index (χ4n) is 5.46. The molecular weight excluding hydrogens is 560 g/mol. The lowest BCUT2D eigenvalue weighted by Gasteiger charge is -2.17. The summed E-state index contributed by atoms with van der Waals surface area (Å²) in [6.45, 7) is 8.15. The quantitative estimate of drug-likeness (QED) is 0.252. The minimum Gasteiger partial charge on any atom is -0.457 e. The summed E-state index contributed by atoms with van der Waals surface area (Å²) in [5, 5.41) is 4.02. The Hall–Kier alpha value is -4.67. The predicted octanol–water partition coefficient (Wildman–Crippen LogP) is 4.81. The summed E-state index contributed by atoms with van der Waals surface area (Å²) in [6, 6.07) is 17.5. The molecule has 0 saturated carbocycles. The maximum Gasteiger partial charge on any atom is 0.263 e. The highest BCUT2D eigenvalue weighted by Crippen LogP contribution is 2.34. The van der Waals surface area contributed by atoms with Crippen LogP contribution >= 0.6 is 11.3 Å². The third kappa shape index (κ3) is 5.84. The summed E-state index contributed by atoms with van der Waals surface area (Å²) >= 11 is 1.35. The van der Waals surface area contributed by atoms with E-state index in [9.17, 15) is 9.59 Å². The van der Waals surface area contributed by atoms with Crippen LogP contribution < -0.4 is 15.5 Å². The Morgan fingerprint density at radius 3 is 2.77 bits per heavy atom. The van der Waals surface area contributed by atoms with Crippen molar-refractivity contribution in [3.8, 4) is 17.2 Å². The smallest absolute Gasteiger partial charge is 0.263 e. The molecule has 220 valence electrons. The van der Waals surface area contributed by atoms with Crippen LogP contribution in [0.2, 0.25) is 0 Å². The van der Waals surface area contributed by atoms with Gasteiger partial charge in [-0.3, -0.25) is 14.2 Å². The van der Waals surface area contributed by atoms with E-state index in [-0.39, 0.29) is 17.9 Å². The molecule has 1 aliphatic heterocycles. The first-order valence-electron chi connectivity index (χ1n) is 14.2. The maximum absolute atomic E-state index is 13.6. The van der Waals surface area contributed by atoms with E-state index < -0.39 is 0 Å². The van der Waals surface area contributed by atoms with Gasteiger partial charge in [-0.15, -0.1) is 11.3 Å². The largest absolute Gasteiger partial charge is 0.457 e. The lowest BCUT2D eigenvalue weighted by molar-refractivity contribution is -0.125. The number of pyridine rings is 1. The van der Waals surface area contributed by atoms with Crippen LogP contribution in [0.25, 0.3) is 33.5 Å². The summed E-state index contributed by atoms with van der Waals surface area (Å²) in [5.74, 6) is 1.31. The average Bonchev–Trinajstić information content (AvgIpc) is 3.60. The van der Waals surface area contributed by atoms with E-state index in [2.05, 4.69) is 26.4 Å². The normalized spacial score (nSPS) is 15.3. The fraction of sp³-hybridized carbons (Fsp3) is 0.242. The molecule has 2 aromatic carbocycles. The van der Waals surface area contributed by atoms with Gasteiger partial charge in [-0.1, -0.05) is 30.9 Å². The SMILES string of the molecule is C=c1[nH]c2c(C(=O)N[C@@H]3CCN(C(=O)/C=C/CN(C)C)C3)sc3nccc(c32)n1-c1ccc(Oc2ccccc2)cc1C. The number of H-pyrrole nitrogens is 1. The van der Waals surface area contributed by atoms with Gasteiger partial charge in [-0.2, -0.15) is 0 Å². The van der Waals surface area contributed by atoms with E-state index in [1.165, 1.54) is 11.3 Å². The standard InChI is InChI=1S/C33H34N6O3S/c1-21-19-25(42-24-9-6-5-7-10-24)12-13-26(21)39-22(2)35-30-29-27(39)14-16-34-33(29)43-31(30)32(41)36-23-15-18-38(20-23)28(40)11-8-17-37(3)4/h5-14,16,19,23,35H,2,15,17-18,20H2,1,3-4H3,(H,36,41)/b11-8+/t23-/m1/s1. The lowest BCUT2D eigenvalue weighted by Crippen LogP contribution is -2.38. The molecule has 43 heavy (non-hydrogen) atoms. The molecule has 1 fully saturated rings. The summed E-state index contributed by atoms with van der Waals surface area (Å²) in [6.07, 6.45) is 5.94. The minimum absolute atomic E-state index is 0.0302. The molecule has 1 atom stereocenters. The van der Waals surface area contributed by atoms with Gasteiger partial charge in [-0.05, 0) is 69.4 Å². The number of hydrogen-bond acceptors (Lipinski definition) is 6. The van der Waals surface area contributed by atoms with Crippen LogP contribution in [0.3, 0.4) is 0 Å². The van der Waals surface area contributed by atoms with Gasteiger partial charge < -0.3 is 24.8 Å². The van der Waals surface area contributed by atoms with E-state index in [0.717, 1.165) is 38.5 Å². The van der Waals surface area contributed by atoms with Gasteiger partial charge in [0.25, 0.3) is 5.91 Å². The van der Waals surface area contributed by atoms with Gasteiger partial charge in [0.1, 0.15) is 26.7 Å². The number of nitrogens with one attached hydrogen (secondary N) is 2. The Labute approximate surface area is 253 Å². The molecule has 5 aromatic rings. The van der Waals surface area contributed by atoms with Crippen molar-refractivity contribution in [2.75, 3.05) is 33.7 Å². The second kappa shape index (κ2) is 11.9. The Morgan fingerprint density at radius 1 is 1.19 bits per heavy atom. The van der Waals surface area contributed by atoms with Crippen LogP contribution in [0.4, 0.5) is 0 Å². The van der Waals surface area contributed by atoms with Crippen molar-refractivity contribution in [2.24, 2.45) is 0 Å². The number of likely N-dealkylation sites (N-methyl/N-ethyl adjacent to an activating group) is 1. The maximum atomic E-state index is 13.6. The Balaban J connectivity index is 1.26. The zero-order valence-electron chi connectivity index (χ0n) is 24.5. The molecule has 0 aliphatic carbocycles. The highest BCUT2D eigenvalue weighted by Gasteiger charge is 2.28. The van der Waals surface area contributed by atoms with Crippen molar-refractivity contribution in [3.05, 3.63) is 88.9 Å². The zero-order chi connectivity index (χ0) is 30.1. The lowest BCUT2D eigenvalue weighted by atomic mass is 10.1. The number of aryl methyl sites for hydroxylation is 1. The average molecular weight is 595 g/mol. The molecule has 2 amide bonds. The van der Waals surface area contributed by atoms with E-state index in [0.29, 0.717) is 41.9 Å². The first kappa shape index (κ1) is 28.4. The van der Waals surface area contributed by atoms with Crippen LogP contribution in [0.1, 0.15) is 21.7 Å². The summed E-state index contributed by atoms with van der Waals surface area (Å²) in [5.41, 5.74) is 4.20. The molecular formula is C33H34N6O3S. The van der Waals surface area contributed by atoms with Gasteiger partial charge in [-0.25, -0.2) is 4.98 Å². The number of carbonyl (C=O) groups excluding carboxylic acids is 2. The summed E-state index contributed by atoms with van der Waals surface area (Å²) < 4.78 is 8.09. The van der Waals surface area contributed by atoms with Crippen LogP contribution in [0.5, 0.6) is 11.5 Å². The van der Waals surface area contributed by atoms with Crippen molar-refractivity contribution >= 4 is 51.0 Å². The minimum atomic E-state index is -0.182. The molecule has 0 radical (unpaired) electrons. The third-order valence-corrected chi connectivity index (χ3v) is 8.61. The monoisotopic (exact) mass is 594 g/mol. The molecule has 2 N–H and O–H groups in total. The topological polar surface area (TPSA) is 95.5 Å². The van der Waals surface area contributed by atoms with Crippen molar-refractivity contribution in [1.82, 2.24) is 29.7 Å². The van der Waals surface area contributed by atoms with Gasteiger partial charge in [0.15, 0.2) is 0 Å². The number of benzene rings is 2. The molecule has 1 saturated heterocycles. The van der Waals surface area contributed by atoms with Gasteiger partial charge in [0.05, 0.1) is 22.1 Å². The first-order valence-corrected chi connectivity index (χ1v) is 15.0. The van der Waals surface area contributed by atoms with Crippen LogP contribution in [0.15, 0.2) is 72.9 Å². The summed E-state index contributed by atoms with van der Waals surface area (Å²) in [7, 11) is 3.91. The zero-order valence-corrected chi connectivity index (χ0v) is 25.3. The fourth-order valence-corrected chi connectivity index (χ4v) is 6.48. The number of aromatic nitrogens is 3. The first-order chi connectivity index (χ1) is 20.8. The van der Waals surface area contributed by atoms with E-state index in [4.69, 9.17) is 4.74 Å². The molecule has 3 aromatic heterocycles. The molecule has 6 rings (SSSR count). The molecule has 9 nitrogen and oxygen atoms in total. The number of carbonyl (C=O) groups is 2. The number of thiophene rings is 1.